The van der Waals surface area contributed by atoms with Crippen LogP contribution in [0.15, 0.2) is 18.2 Å². The maximum Gasteiger partial charge on any atom is 0.0929 e. The third kappa shape index (κ3) is 5.58. The van der Waals surface area contributed by atoms with Gasteiger partial charge in [0.15, 0.2) is 0 Å². The van der Waals surface area contributed by atoms with Gasteiger partial charge in [-0.3, -0.25) is 0 Å². The molecular weight excluding hydrogens is 297 g/mol. The number of hydrogen-bond donors (Lipinski definition) is 2. The number of hydrogen-bond acceptors (Lipinski definition) is 3. The molecule has 20 heavy (non-hydrogen) atoms. The van der Waals surface area contributed by atoms with E-state index < -0.39 is 6.10 Å². The van der Waals surface area contributed by atoms with E-state index in [1.54, 1.807) is 18.2 Å². The van der Waals surface area contributed by atoms with E-state index in [1.165, 1.54) is 0 Å². The molecule has 0 aliphatic carbocycles. The molecule has 0 radical (unpaired) electrons. The third-order valence-corrected chi connectivity index (χ3v) is 3.78. The lowest BCUT2D eigenvalue weighted by Gasteiger charge is -2.24. The van der Waals surface area contributed by atoms with E-state index in [1.807, 2.05) is 6.92 Å². The Morgan fingerprint density at radius 2 is 2.00 bits per heavy atom. The molecular formula is C15H23Cl2NO2. The fourth-order valence-corrected chi connectivity index (χ4v) is 2.30. The summed E-state index contributed by atoms with van der Waals surface area (Å²) in [5.41, 5.74) is 0.644. The van der Waals surface area contributed by atoms with Gasteiger partial charge in [0.05, 0.1) is 12.7 Å². The molecule has 0 amide bonds. The number of halogens is 2. The van der Waals surface area contributed by atoms with Crippen molar-refractivity contribution in [2.45, 2.75) is 32.9 Å². The number of aliphatic hydroxyl groups is 1. The van der Waals surface area contributed by atoms with Crippen LogP contribution in [0, 0.1) is 5.92 Å². The first-order chi connectivity index (χ1) is 9.45. The van der Waals surface area contributed by atoms with E-state index in [0.29, 0.717) is 41.3 Å². The van der Waals surface area contributed by atoms with Crippen LogP contribution >= 0.6 is 23.2 Å². The van der Waals surface area contributed by atoms with Gasteiger partial charge in [-0.1, -0.05) is 37.0 Å². The van der Waals surface area contributed by atoms with Gasteiger partial charge in [0.2, 0.25) is 0 Å². The first-order valence-corrected chi connectivity index (χ1v) is 7.65. The van der Waals surface area contributed by atoms with Gasteiger partial charge in [0.25, 0.3) is 0 Å². The number of aliphatic hydroxyl groups excluding tert-OH is 1. The van der Waals surface area contributed by atoms with Gasteiger partial charge < -0.3 is 15.2 Å². The standard InChI is InChI=1S/C15H23Cl2NO2/c1-4-20-9-14(10(2)3)18-8-15(19)12-7-11(16)5-6-13(12)17/h5-7,10,14-15,18-19H,4,8-9H2,1-3H3. The number of nitrogens with one attached hydrogen (secondary N) is 1. The minimum absolute atomic E-state index is 0.197. The Bertz CT molecular complexity index is 413. The molecule has 2 unspecified atom stereocenters. The van der Waals surface area contributed by atoms with E-state index in [4.69, 9.17) is 27.9 Å². The van der Waals surface area contributed by atoms with Crippen LogP contribution in [-0.2, 0) is 4.74 Å². The summed E-state index contributed by atoms with van der Waals surface area (Å²) < 4.78 is 5.45. The van der Waals surface area contributed by atoms with Crippen molar-refractivity contribution in [3.05, 3.63) is 33.8 Å². The zero-order valence-electron chi connectivity index (χ0n) is 12.2. The quantitative estimate of drug-likeness (QED) is 0.768. The number of benzene rings is 1. The molecule has 1 rings (SSSR count). The van der Waals surface area contributed by atoms with Crippen molar-refractivity contribution in [1.29, 1.82) is 0 Å². The van der Waals surface area contributed by atoms with Crippen LogP contribution in [0.25, 0.3) is 0 Å². The lowest BCUT2D eigenvalue weighted by atomic mass is 10.0. The highest BCUT2D eigenvalue weighted by Crippen LogP contribution is 2.26. The largest absolute Gasteiger partial charge is 0.387 e. The van der Waals surface area contributed by atoms with Gasteiger partial charge in [0.1, 0.15) is 0 Å². The Morgan fingerprint density at radius 1 is 1.30 bits per heavy atom. The Labute approximate surface area is 131 Å². The van der Waals surface area contributed by atoms with Crippen molar-refractivity contribution in [3.8, 4) is 0 Å². The van der Waals surface area contributed by atoms with E-state index in [-0.39, 0.29) is 6.04 Å². The second-order valence-electron chi connectivity index (χ2n) is 5.10. The highest BCUT2D eigenvalue weighted by Gasteiger charge is 2.17. The average Bonchev–Trinajstić information content (AvgIpc) is 2.40. The highest BCUT2D eigenvalue weighted by atomic mass is 35.5. The molecule has 1 aromatic carbocycles. The van der Waals surface area contributed by atoms with Crippen LogP contribution in [0.3, 0.4) is 0 Å². The molecule has 0 aliphatic rings. The van der Waals surface area contributed by atoms with E-state index in [2.05, 4.69) is 19.2 Å². The number of rotatable bonds is 8. The second kappa shape index (κ2) is 8.85. The zero-order chi connectivity index (χ0) is 15.1. The van der Waals surface area contributed by atoms with Crippen LogP contribution in [0.2, 0.25) is 10.0 Å². The Kier molecular flexibility index (Phi) is 7.85. The predicted molar refractivity (Wildman–Crippen MR) is 84.5 cm³/mol. The van der Waals surface area contributed by atoms with Gasteiger partial charge >= 0.3 is 0 Å². The van der Waals surface area contributed by atoms with E-state index in [9.17, 15) is 5.11 Å². The molecule has 0 saturated heterocycles. The molecule has 5 heteroatoms. The first-order valence-electron chi connectivity index (χ1n) is 6.89. The minimum atomic E-state index is -0.691. The molecule has 0 spiro atoms. The molecule has 0 aromatic heterocycles. The van der Waals surface area contributed by atoms with Gasteiger partial charge in [0, 0.05) is 34.8 Å². The summed E-state index contributed by atoms with van der Waals surface area (Å²) in [7, 11) is 0. The van der Waals surface area contributed by atoms with Gasteiger partial charge in [-0.05, 0) is 31.0 Å². The lowest BCUT2D eigenvalue weighted by Crippen LogP contribution is -2.40. The summed E-state index contributed by atoms with van der Waals surface area (Å²) >= 11 is 12.0. The van der Waals surface area contributed by atoms with Crippen LogP contribution in [0.1, 0.15) is 32.4 Å². The molecule has 3 nitrogen and oxygen atoms in total. The van der Waals surface area contributed by atoms with Crippen LogP contribution in [0.5, 0.6) is 0 Å². The summed E-state index contributed by atoms with van der Waals surface area (Å²) in [6.45, 7) is 7.94. The Morgan fingerprint density at radius 3 is 2.60 bits per heavy atom. The van der Waals surface area contributed by atoms with Gasteiger partial charge in [-0.2, -0.15) is 0 Å². The SMILES string of the molecule is CCOCC(NCC(O)c1cc(Cl)ccc1Cl)C(C)C. The second-order valence-corrected chi connectivity index (χ2v) is 5.94. The molecule has 0 bridgehead atoms. The van der Waals surface area contributed by atoms with Crippen molar-refractivity contribution in [1.82, 2.24) is 5.32 Å². The molecule has 0 aliphatic heterocycles. The fourth-order valence-electron chi connectivity index (χ4n) is 1.87. The summed E-state index contributed by atoms with van der Waals surface area (Å²) in [4.78, 5) is 0. The Hall–Kier alpha value is -0.320. The monoisotopic (exact) mass is 319 g/mol. The van der Waals surface area contributed by atoms with Crippen LogP contribution < -0.4 is 5.32 Å². The number of ether oxygens (including phenoxy) is 1. The minimum Gasteiger partial charge on any atom is -0.387 e. The van der Waals surface area contributed by atoms with E-state index >= 15 is 0 Å². The van der Waals surface area contributed by atoms with Gasteiger partial charge in [-0.15, -0.1) is 0 Å². The summed E-state index contributed by atoms with van der Waals surface area (Å²) in [5, 5.41) is 14.6. The van der Waals surface area contributed by atoms with Gasteiger partial charge in [-0.25, -0.2) is 0 Å². The average molecular weight is 320 g/mol. The van der Waals surface area contributed by atoms with Crippen molar-refractivity contribution < 1.29 is 9.84 Å². The third-order valence-electron chi connectivity index (χ3n) is 3.20. The van der Waals surface area contributed by atoms with E-state index in [0.717, 1.165) is 0 Å². The maximum atomic E-state index is 10.2. The highest BCUT2D eigenvalue weighted by molar-refractivity contribution is 6.33. The normalized spacial score (nSPS) is 14.6. The van der Waals surface area contributed by atoms with Crippen molar-refractivity contribution in [3.63, 3.8) is 0 Å². The molecule has 0 fully saturated rings. The molecule has 2 atom stereocenters. The predicted octanol–water partition coefficient (Wildman–Crippen LogP) is 3.68. The summed E-state index contributed by atoms with van der Waals surface area (Å²) in [5.74, 6) is 0.420. The smallest absolute Gasteiger partial charge is 0.0929 e. The maximum absolute atomic E-state index is 10.2. The molecule has 2 N–H and O–H groups in total. The molecule has 114 valence electrons. The van der Waals surface area contributed by atoms with Crippen molar-refractivity contribution >= 4 is 23.2 Å². The van der Waals surface area contributed by atoms with Crippen molar-refractivity contribution in [2.75, 3.05) is 19.8 Å². The van der Waals surface area contributed by atoms with Crippen molar-refractivity contribution in [2.24, 2.45) is 5.92 Å². The fraction of sp³-hybridized carbons (Fsp3) is 0.600. The zero-order valence-corrected chi connectivity index (χ0v) is 13.7. The summed E-state index contributed by atoms with van der Waals surface area (Å²) in [6.07, 6.45) is -0.691. The van der Waals surface area contributed by atoms with Crippen LogP contribution in [-0.4, -0.2) is 30.9 Å². The first kappa shape index (κ1) is 17.7. The molecule has 0 heterocycles. The summed E-state index contributed by atoms with van der Waals surface area (Å²) in [6, 6.07) is 5.30. The molecule has 1 aromatic rings. The lowest BCUT2D eigenvalue weighted by molar-refractivity contribution is 0.0970. The Balaban J connectivity index is 2.60. The molecule has 0 saturated carbocycles. The van der Waals surface area contributed by atoms with Crippen LogP contribution in [0.4, 0.5) is 0 Å². The topological polar surface area (TPSA) is 41.5 Å².